The first-order valence-electron chi connectivity index (χ1n) is 6.99. The van der Waals surface area contributed by atoms with Crippen LogP contribution in [0, 0.1) is 5.41 Å². The summed E-state index contributed by atoms with van der Waals surface area (Å²) in [5.41, 5.74) is 1.74. The van der Waals surface area contributed by atoms with E-state index >= 15 is 0 Å². The molecule has 19 heavy (non-hydrogen) atoms. The number of rotatable bonds is 8. The van der Waals surface area contributed by atoms with Crippen molar-refractivity contribution in [2.24, 2.45) is 5.41 Å². The van der Waals surface area contributed by atoms with Crippen molar-refractivity contribution < 1.29 is 0 Å². The lowest BCUT2D eigenvalue weighted by Crippen LogP contribution is -2.42. The smallest absolute Gasteiger partial charge is 0.0701 e. The second-order valence-electron chi connectivity index (χ2n) is 6.13. The summed E-state index contributed by atoms with van der Waals surface area (Å²) in [7, 11) is 2.22. The third-order valence-electron chi connectivity index (χ3n) is 3.52. The number of halogens is 1. The van der Waals surface area contributed by atoms with E-state index < -0.39 is 0 Å². The Morgan fingerprint density at radius 3 is 2.63 bits per heavy atom. The molecule has 4 heteroatoms. The molecule has 1 aromatic heterocycles. The lowest BCUT2D eigenvalue weighted by atomic mass is 9.86. The zero-order chi connectivity index (χ0) is 14.5. The van der Waals surface area contributed by atoms with E-state index in [1.54, 1.807) is 11.3 Å². The van der Waals surface area contributed by atoms with Crippen molar-refractivity contribution in [1.82, 2.24) is 10.2 Å². The molecule has 0 aliphatic carbocycles. The van der Waals surface area contributed by atoms with Gasteiger partial charge in [-0.3, -0.25) is 0 Å². The van der Waals surface area contributed by atoms with E-state index in [9.17, 15) is 0 Å². The minimum absolute atomic E-state index is 0.340. The maximum Gasteiger partial charge on any atom is 0.0701 e. The molecule has 1 aromatic rings. The van der Waals surface area contributed by atoms with Gasteiger partial charge in [0.15, 0.2) is 0 Å². The van der Waals surface area contributed by atoms with Gasteiger partial charge in [0.2, 0.25) is 0 Å². The second-order valence-corrected chi connectivity index (χ2v) is 8.42. The molecule has 0 amide bonds. The number of hydrogen-bond donors (Lipinski definition) is 1. The molecule has 0 aliphatic heterocycles. The summed E-state index contributed by atoms with van der Waals surface area (Å²) in [4.78, 5) is 2.43. The van der Waals surface area contributed by atoms with Crippen LogP contribution in [-0.4, -0.2) is 31.1 Å². The van der Waals surface area contributed by atoms with Crippen LogP contribution in [0.5, 0.6) is 0 Å². The average Bonchev–Trinajstić information content (AvgIpc) is 2.72. The summed E-state index contributed by atoms with van der Waals surface area (Å²) in [5.74, 6) is 0. The fourth-order valence-electron chi connectivity index (χ4n) is 2.19. The van der Waals surface area contributed by atoms with Gasteiger partial charge in [0, 0.05) is 25.7 Å². The first kappa shape index (κ1) is 17.2. The molecule has 110 valence electrons. The Hall–Kier alpha value is 0.100. The third-order valence-corrected chi connectivity index (χ3v) is 5.07. The van der Waals surface area contributed by atoms with Crippen molar-refractivity contribution in [2.45, 2.75) is 46.7 Å². The Bertz CT molecular complexity index is 378. The molecule has 0 fully saturated rings. The van der Waals surface area contributed by atoms with E-state index in [4.69, 9.17) is 0 Å². The van der Waals surface area contributed by atoms with Crippen LogP contribution in [0.4, 0.5) is 0 Å². The first-order valence-corrected chi connectivity index (χ1v) is 8.67. The number of nitrogens with one attached hydrogen (secondary N) is 1. The fraction of sp³-hybridized carbons (Fsp3) is 0.733. The summed E-state index contributed by atoms with van der Waals surface area (Å²) in [5, 5.41) is 5.81. The molecular weight excluding hydrogens is 320 g/mol. The maximum atomic E-state index is 3.58. The molecule has 1 rings (SSSR count). The molecule has 0 radical (unpaired) electrons. The lowest BCUT2D eigenvalue weighted by molar-refractivity contribution is 0.172. The molecule has 1 unspecified atom stereocenters. The molecule has 1 N–H and O–H groups in total. The van der Waals surface area contributed by atoms with Crippen molar-refractivity contribution in [2.75, 3.05) is 20.1 Å². The Labute approximate surface area is 130 Å². The molecule has 0 aliphatic rings. The summed E-state index contributed by atoms with van der Waals surface area (Å²) in [6.07, 6.45) is 1.20. The van der Waals surface area contributed by atoms with Gasteiger partial charge < -0.3 is 10.2 Å². The van der Waals surface area contributed by atoms with Crippen LogP contribution < -0.4 is 5.32 Å². The fourth-order valence-corrected chi connectivity index (χ4v) is 3.39. The predicted octanol–water partition coefficient (Wildman–Crippen LogP) is 4.36. The maximum absolute atomic E-state index is 3.58. The zero-order valence-electron chi connectivity index (χ0n) is 12.8. The van der Waals surface area contributed by atoms with E-state index in [0.717, 1.165) is 19.6 Å². The van der Waals surface area contributed by atoms with Gasteiger partial charge in [-0.2, -0.15) is 0 Å². The predicted molar refractivity (Wildman–Crippen MR) is 89.9 cm³/mol. The second kappa shape index (κ2) is 7.77. The number of hydrogen-bond acceptors (Lipinski definition) is 3. The molecular formula is C15H27BrN2S. The Kier molecular flexibility index (Phi) is 7.01. The summed E-state index contributed by atoms with van der Waals surface area (Å²) in [6.45, 7) is 12.3. The summed E-state index contributed by atoms with van der Waals surface area (Å²) >= 11 is 5.29. The van der Waals surface area contributed by atoms with E-state index in [1.807, 2.05) is 0 Å². The van der Waals surface area contributed by atoms with Crippen LogP contribution in [-0.2, 0) is 6.54 Å². The van der Waals surface area contributed by atoms with Crippen molar-refractivity contribution in [1.29, 1.82) is 0 Å². The van der Waals surface area contributed by atoms with Crippen LogP contribution >= 0.6 is 27.3 Å². The first-order chi connectivity index (χ1) is 8.84. The van der Waals surface area contributed by atoms with Crippen LogP contribution in [0.1, 0.15) is 39.7 Å². The molecule has 0 bridgehead atoms. The monoisotopic (exact) mass is 346 g/mol. The van der Waals surface area contributed by atoms with Crippen molar-refractivity contribution in [3.63, 3.8) is 0 Å². The molecule has 0 saturated carbocycles. The minimum Gasteiger partial charge on any atom is -0.314 e. The third kappa shape index (κ3) is 6.39. The average molecular weight is 347 g/mol. The van der Waals surface area contributed by atoms with Gasteiger partial charge in [-0.25, -0.2) is 0 Å². The Morgan fingerprint density at radius 1 is 1.47 bits per heavy atom. The highest BCUT2D eigenvalue weighted by Gasteiger charge is 2.24. The number of nitrogens with zero attached hydrogens (tertiary/aromatic N) is 1. The van der Waals surface area contributed by atoms with Gasteiger partial charge in [-0.15, -0.1) is 11.3 Å². The van der Waals surface area contributed by atoms with Gasteiger partial charge in [0.1, 0.15) is 0 Å². The molecule has 0 spiro atoms. The topological polar surface area (TPSA) is 15.3 Å². The zero-order valence-corrected chi connectivity index (χ0v) is 15.2. The highest BCUT2D eigenvalue weighted by atomic mass is 79.9. The van der Waals surface area contributed by atoms with Crippen LogP contribution in [0.2, 0.25) is 0 Å². The molecule has 2 nitrogen and oxygen atoms in total. The van der Waals surface area contributed by atoms with Gasteiger partial charge in [0.05, 0.1) is 3.79 Å². The molecule has 1 heterocycles. The Balaban J connectivity index is 2.49. The molecule has 1 atom stereocenters. The highest BCUT2D eigenvalue weighted by molar-refractivity contribution is 9.11. The van der Waals surface area contributed by atoms with Crippen LogP contribution in [0.25, 0.3) is 0 Å². The highest BCUT2D eigenvalue weighted by Crippen LogP contribution is 2.25. The SMILES string of the molecule is CCC(C)(CNC(C)C)CN(C)Cc1csc(Br)c1. The largest absolute Gasteiger partial charge is 0.314 e. The van der Waals surface area contributed by atoms with Gasteiger partial charge in [0.25, 0.3) is 0 Å². The van der Waals surface area contributed by atoms with E-state index in [0.29, 0.717) is 11.5 Å². The van der Waals surface area contributed by atoms with E-state index in [1.165, 1.54) is 15.8 Å². The minimum atomic E-state index is 0.340. The van der Waals surface area contributed by atoms with Crippen LogP contribution in [0.3, 0.4) is 0 Å². The molecule has 0 aromatic carbocycles. The summed E-state index contributed by atoms with van der Waals surface area (Å²) < 4.78 is 1.22. The summed E-state index contributed by atoms with van der Waals surface area (Å²) in [6, 6.07) is 2.78. The van der Waals surface area contributed by atoms with E-state index in [2.05, 4.69) is 72.3 Å². The molecule has 0 saturated heterocycles. The standard InChI is InChI=1S/C15H27BrN2S/c1-6-15(4,10-17-12(2)3)11-18(5)8-13-7-14(16)19-9-13/h7,9,12,17H,6,8,10-11H2,1-5H3. The van der Waals surface area contributed by atoms with Gasteiger partial charge in [-0.1, -0.05) is 27.7 Å². The van der Waals surface area contributed by atoms with Crippen molar-refractivity contribution in [3.8, 4) is 0 Å². The normalized spacial score (nSPS) is 15.2. The number of thiophene rings is 1. The quantitative estimate of drug-likeness (QED) is 0.752. The van der Waals surface area contributed by atoms with Crippen molar-refractivity contribution in [3.05, 3.63) is 20.8 Å². The Morgan fingerprint density at radius 2 is 2.16 bits per heavy atom. The van der Waals surface area contributed by atoms with Crippen LogP contribution in [0.15, 0.2) is 15.2 Å². The van der Waals surface area contributed by atoms with Gasteiger partial charge in [-0.05, 0) is 51.8 Å². The lowest BCUT2D eigenvalue weighted by Gasteiger charge is -2.34. The van der Waals surface area contributed by atoms with Crippen molar-refractivity contribution >= 4 is 27.3 Å². The van der Waals surface area contributed by atoms with Gasteiger partial charge >= 0.3 is 0 Å². The van der Waals surface area contributed by atoms with E-state index in [-0.39, 0.29) is 0 Å².